The Hall–Kier alpha value is -4.38. The molecular weight excluding hydrogens is 546 g/mol. The summed E-state index contributed by atoms with van der Waals surface area (Å²) in [7, 11) is 1.58. The number of anilines is 4. The molecule has 0 aliphatic carbocycles. The van der Waals surface area contributed by atoms with Crippen molar-refractivity contribution in [1.82, 2.24) is 25.5 Å². The van der Waals surface area contributed by atoms with Gasteiger partial charge in [-0.15, -0.1) is 0 Å². The Labute approximate surface area is 253 Å². The first-order valence-electron chi connectivity index (χ1n) is 14.5. The lowest BCUT2D eigenvalue weighted by Crippen LogP contribution is -2.52. The first kappa shape index (κ1) is 31.6. The average molecular weight is 590 g/mol. The number of nitrogens with zero attached hydrogens (tertiary/aromatic N) is 3. The lowest BCUT2D eigenvalue weighted by molar-refractivity contribution is -0.131. The molecule has 11 nitrogen and oxygen atoms in total. The lowest BCUT2D eigenvalue weighted by Gasteiger charge is -2.27. The Morgan fingerprint density at radius 2 is 1.79 bits per heavy atom. The van der Waals surface area contributed by atoms with E-state index in [-0.39, 0.29) is 44.4 Å². The van der Waals surface area contributed by atoms with Crippen molar-refractivity contribution < 1.29 is 19.1 Å². The van der Waals surface area contributed by atoms with Gasteiger partial charge in [-0.3, -0.25) is 14.5 Å². The second-order valence-electron chi connectivity index (χ2n) is 11.1. The largest absolute Gasteiger partial charge is 0.493 e. The van der Waals surface area contributed by atoms with Crippen LogP contribution in [0.5, 0.6) is 11.5 Å². The minimum atomic E-state index is -0.624. The van der Waals surface area contributed by atoms with Gasteiger partial charge in [0.05, 0.1) is 19.7 Å². The van der Waals surface area contributed by atoms with E-state index in [1.807, 2.05) is 44.2 Å². The Balaban J connectivity index is 0.00000423. The van der Waals surface area contributed by atoms with Crippen LogP contribution in [0, 0.1) is 5.92 Å². The Bertz CT molecular complexity index is 1400. The molecular formula is C32H43N7O4. The van der Waals surface area contributed by atoms with E-state index in [0.717, 1.165) is 36.3 Å². The topological polar surface area (TPSA) is 130 Å². The normalized spacial score (nSPS) is 19.5. The fourth-order valence-corrected chi connectivity index (χ4v) is 5.38. The maximum atomic E-state index is 13.5. The molecule has 0 unspecified atom stereocenters. The first-order chi connectivity index (χ1) is 20.4. The number of amides is 2. The number of fused-ring (bicyclic) bond motifs is 7. The number of hydrogen-bond donors (Lipinski definition) is 4. The lowest BCUT2D eigenvalue weighted by atomic mass is 10.0. The maximum absolute atomic E-state index is 13.5. The molecule has 3 heterocycles. The Kier molecular flexibility index (Phi) is 10.8. The predicted molar refractivity (Wildman–Crippen MR) is 168 cm³/mol. The summed E-state index contributed by atoms with van der Waals surface area (Å²) in [5.41, 5.74) is 2.72. The van der Waals surface area contributed by atoms with Crippen LogP contribution in [0.3, 0.4) is 0 Å². The third kappa shape index (κ3) is 8.35. The maximum Gasteiger partial charge on any atom is 0.242 e. The number of hydrogen-bond acceptors (Lipinski definition) is 9. The van der Waals surface area contributed by atoms with Gasteiger partial charge in [-0.25, -0.2) is 9.97 Å². The number of rotatable bonds is 3. The highest BCUT2D eigenvalue weighted by Crippen LogP contribution is 2.32. The van der Waals surface area contributed by atoms with Crippen molar-refractivity contribution in [1.29, 1.82) is 0 Å². The van der Waals surface area contributed by atoms with Gasteiger partial charge in [0, 0.05) is 30.1 Å². The van der Waals surface area contributed by atoms with E-state index in [1.54, 1.807) is 13.2 Å². The van der Waals surface area contributed by atoms with Gasteiger partial charge >= 0.3 is 0 Å². The fourth-order valence-electron chi connectivity index (χ4n) is 5.38. The number of carbonyl (C=O) groups excluding carboxylic acids is 2. The molecule has 2 aliphatic heterocycles. The Morgan fingerprint density at radius 3 is 2.53 bits per heavy atom. The standard InChI is InChI=1S/C31H39N7O4.CH4/c1-20(2)14-24-30(39)32-11-13-42-27-16-23(9-10-26(27)41-3)36-29-17-28(33-19-34-29)35-22-7-4-6-21(15-22)18-38-12-5-8-25(38)31(40)37-24;/h4,6-7,9-10,15-17,19-20,24-25H,5,8,11-14,18H2,1-3H3,(H,32,39)(H,37,40)(H2,33,34,35,36);1H4/t24-,25-;/m0./s1. The summed E-state index contributed by atoms with van der Waals surface area (Å²) in [5.74, 6) is 2.25. The molecule has 230 valence electrons. The van der Waals surface area contributed by atoms with Crippen LogP contribution in [-0.4, -0.2) is 65.6 Å². The molecule has 4 N–H and O–H groups in total. The van der Waals surface area contributed by atoms with Crippen LogP contribution in [0.25, 0.3) is 0 Å². The van der Waals surface area contributed by atoms with Crippen molar-refractivity contribution in [3.05, 3.63) is 60.4 Å². The van der Waals surface area contributed by atoms with Gasteiger partial charge in [-0.05, 0) is 61.6 Å². The van der Waals surface area contributed by atoms with Crippen LogP contribution >= 0.6 is 0 Å². The number of aromatic nitrogens is 2. The minimum absolute atomic E-state index is 0. The van der Waals surface area contributed by atoms with E-state index in [9.17, 15) is 9.59 Å². The Morgan fingerprint density at radius 1 is 1.02 bits per heavy atom. The van der Waals surface area contributed by atoms with Crippen molar-refractivity contribution >= 4 is 34.8 Å². The van der Waals surface area contributed by atoms with Gasteiger partial charge in [0.15, 0.2) is 11.5 Å². The van der Waals surface area contributed by atoms with Gasteiger partial charge in [0.25, 0.3) is 0 Å². The second kappa shape index (κ2) is 14.7. The number of nitrogens with one attached hydrogen (secondary N) is 4. The molecule has 1 aromatic heterocycles. The molecule has 0 radical (unpaired) electrons. The van der Waals surface area contributed by atoms with Crippen molar-refractivity contribution in [2.24, 2.45) is 5.92 Å². The highest BCUT2D eigenvalue weighted by atomic mass is 16.5. The van der Waals surface area contributed by atoms with Crippen molar-refractivity contribution in [3.63, 3.8) is 0 Å². The summed E-state index contributed by atoms with van der Waals surface area (Å²) in [4.78, 5) is 37.6. The summed E-state index contributed by atoms with van der Waals surface area (Å²) in [6.07, 6.45) is 3.72. The van der Waals surface area contributed by atoms with Gasteiger partial charge in [0.1, 0.15) is 30.6 Å². The molecule has 2 atom stereocenters. The molecule has 2 aromatic carbocycles. The number of benzene rings is 2. The molecule has 2 aliphatic rings. The quantitative estimate of drug-likeness (QED) is 0.346. The summed E-state index contributed by atoms with van der Waals surface area (Å²) >= 11 is 0. The van der Waals surface area contributed by atoms with Gasteiger partial charge in [-0.1, -0.05) is 33.4 Å². The van der Waals surface area contributed by atoms with E-state index in [2.05, 4.69) is 48.3 Å². The predicted octanol–water partition coefficient (Wildman–Crippen LogP) is 4.61. The molecule has 1 saturated heterocycles. The molecule has 43 heavy (non-hydrogen) atoms. The first-order valence-corrected chi connectivity index (χ1v) is 14.5. The molecule has 1 fully saturated rings. The average Bonchev–Trinajstić information content (AvgIpc) is 3.43. The monoisotopic (exact) mass is 589 g/mol. The van der Waals surface area contributed by atoms with E-state index < -0.39 is 6.04 Å². The van der Waals surface area contributed by atoms with Crippen molar-refractivity contribution in [2.45, 2.75) is 59.2 Å². The number of ether oxygens (including phenoxy) is 2. The van der Waals surface area contributed by atoms with Gasteiger partial charge in [-0.2, -0.15) is 0 Å². The van der Waals surface area contributed by atoms with Crippen LogP contribution in [0.15, 0.2) is 54.9 Å². The zero-order valence-electron chi connectivity index (χ0n) is 24.4. The van der Waals surface area contributed by atoms with Crippen LogP contribution in [0.2, 0.25) is 0 Å². The van der Waals surface area contributed by atoms with Gasteiger partial charge < -0.3 is 30.7 Å². The molecule has 5 rings (SSSR count). The zero-order valence-corrected chi connectivity index (χ0v) is 24.4. The summed E-state index contributed by atoms with van der Waals surface area (Å²) in [5, 5.41) is 12.7. The van der Waals surface area contributed by atoms with E-state index in [4.69, 9.17) is 9.47 Å². The summed E-state index contributed by atoms with van der Waals surface area (Å²) in [6.45, 7) is 6.03. The van der Waals surface area contributed by atoms with Gasteiger partial charge in [0.2, 0.25) is 11.8 Å². The number of methoxy groups -OCH3 is 1. The van der Waals surface area contributed by atoms with E-state index in [1.165, 1.54) is 6.33 Å². The third-order valence-electron chi connectivity index (χ3n) is 7.35. The molecule has 3 aromatic rings. The third-order valence-corrected chi connectivity index (χ3v) is 7.35. The SMILES string of the molecule is C.COc1ccc2cc1OCCNC(=O)[C@H](CC(C)C)NC(=O)[C@@H]1CCCN1Cc1cccc(c1)Nc1cc(ncn1)N2. The van der Waals surface area contributed by atoms with Crippen LogP contribution < -0.4 is 30.7 Å². The smallest absolute Gasteiger partial charge is 0.242 e. The zero-order chi connectivity index (χ0) is 29.5. The molecule has 2 amide bonds. The van der Waals surface area contributed by atoms with Crippen LogP contribution in [0.1, 0.15) is 46.1 Å². The van der Waals surface area contributed by atoms with Crippen LogP contribution in [-0.2, 0) is 16.1 Å². The highest BCUT2D eigenvalue weighted by Gasteiger charge is 2.33. The summed E-state index contributed by atoms with van der Waals surface area (Å²) in [6, 6.07) is 14.5. The van der Waals surface area contributed by atoms with Crippen molar-refractivity contribution in [3.8, 4) is 11.5 Å². The van der Waals surface area contributed by atoms with Crippen molar-refractivity contribution in [2.75, 3.05) is 37.4 Å². The molecule has 11 heteroatoms. The van der Waals surface area contributed by atoms with E-state index >= 15 is 0 Å². The molecule has 6 bridgehead atoms. The van der Waals surface area contributed by atoms with E-state index in [0.29, 0.717) is 36.1 Å². The summed E-state index contributed by atoms with van der Waals surface area (Å²) < 4.78 is 11.5. The number of carbonyl (C=O) groups is 2. The second-order valence-corrected chi connectivity index (χ2v) is 11.1. The van der Waals surface area contributed by atoms with Crippen LogP contribution in [0.4, 0.5) is 23.0 Å². The molecule has 0 saturated carbocycles. The minimum Gasteiger partial charge on any atom is -0.493 e. The fraction of sp³-hybridized carbons (Fsp3) is 0.438. The highest BCUT2D eigenvalue weighted by molar-refractivity contribution is 5.90. The molecule has 0 spiro atoms.